The highest BCUT2D eigenvalue weighted by atomic mass is 35.5. The average molecular weight is 286 g/mol. The highest BCUT2D eigenvalue weighted by Gasteiger charge is 2.16. The molecule has 0 fully saturated rings. The van der Waals surface area contributed by atoms with Gasteiger partial charge in [-0.05, 0) is 12.1 Å². The van der Waals surface area contributed by atoms with Crippen molar-refractivity contribution >= 4 is 17.5 Å². The predicted molar refractivity (Wildman–Crippen MR) is 73.4 cm³/mol. The van der Waals surface area contributed by atoms with Crippen LogP contribution in [0.5, 0.6) is 17.2 Å². The summed E-state index contributed by atoms with van der Waals surface area (Å²) in [7, 11) is 4.47. The first kappa shape index (κ1) is 15.2. The zero-order valence-electron chi connectivity index (χ0n) is 11.1. The maximum Gasteiger partial charge on any atom is 0.251 e. The second kappa shape index (κ2) is 6.89. The molecular formula is C13H16ClNO4. The minimum Gasteiger partial charge on any atom is -0.493 e. The Morgan fingerprint density at radius 3 is 2.11 bits per heavy atom. The lowest BCUT2D eigenvalue weighted by atomic mass is 10.1. The number of halogens is 1. The van der Waals surface area contributed by atoms with Crippen molar-refractivity contribution in [3.63, 3.8) is 0 Å². The summed E-state index contributed by atoms with van der Waals surface area (Å²) >= 11 is 5.60. The van der Waals surface area contributed by atoms with E-state index < -0.39 is 0 Å². The molecule has 1 rings (SSSR count). The van der Waals surface area contributed by atoms with Gasteiger partial charge >= 0.3 is 0 Å². The molecule has 0 saturated heterocycles. The van der Waals surface area contributed by atoms with Crippen LogP contribution < -0.4 is 19.5 Å². The number of nitrogens with one attached hydrogen (secondary N) is 1. The predicted octanol–water partition coefficient (Wildman–Crippen LogP) is 2.19. The molecule has 0 radical (unpaired) electrons. The van der Waals surface area contributed by atoms with Crippen LogP contribution in [-0.2, 0) is 0 Å². The topological polar surface area (TPSA) is 56.8 Å². The van der Waals surface area contributed by atoms with E-state index in [1.54, 1.807) is 12.1 Å². The molecule has 1 aromatic carbocycles. The van der Waals surface area contributed by atoms with Crippen LogP contribution in [-0.4, -0.2) is 33.8 Å². The zero-order valence-corrected chi connectivity index (χ0v) is 11.8. The molecule has 1 amide bonds. The van der Waals surface area contributed by atoms with Crippen molar-refractivity contribution in [1.82, 2.24) is 5.32 Å². The lowest BCUT2D eigenvalue weighted by molar-refractivity contribution is 0.0957. The standard InChI is InChI=1S/C13H16ClNO4/c1-8(14)7-15-13(16)9-5-10(17-2)12(19-4)11(6-9)18-3/h5-6H,1,7H2,2-4H3,(H,15,16). The summed E-state index contributed by atoms with van der Waals surface area (Å²) in [5.74, 6) is 0.956. The molecule has 0 aromatic heterocycles. The molecule has 0 heterocycles. The molecule has 0 aliphatic carbocycles. The Bertz CT molecular complexity index is 463. The molecule has 0 atom stereocenters. The van der Waals surface area contributed by atoms with Crippen LogP contribution in [0.2, 0.25) is 0 Å². The van der Waals surface area contributed by atoms with Crippen molar-refractivity contribution in [1.29, 1.82) is 0 Å². The molecule has 104 valence electrons. The summed E-state index contributed by atoms with van der Waals surface area (Å²) in [4.78, 5) is 11.9. The summed E-state index contributed by atoms with van der Waals surface area (Å²) in [5.41, 5.74) is 0.382. The van der Waals surface area contributed by atoms with Crippen molar-refractivity contribution in [2.24, 2.45) is 0 Å². The van der Waals surface area contributed by atoms with Gasteiger partial charge in [0, 0.05) is 10.6 Å². The first-order valence-electron chi connectivity index (χ1n) is 5.45. The molecule has 19 heavy (non-hydrogen) atoms. The van der Waals surface area contributed by atoms with Gasteiger partial charge in [-0.1, -0.05) is 18.2 Å². The number of hydrogen-bond donors (Lipinski definition) is 1. The van der Waals surface area contributed by atoms with Gasteiger partial charge < -0.3 is 19.5 Å². The van der Waals surface area contributed by atoms with Crippen molar-refractivity contribution < 1.29 is 19.0 Å². The Kier molecular flexibility index (Phi) is 5.51. The van der Waals surface area contributed by atoms with E-state index in [4.69, 9.17) is 25.8 Å². The second-order valence-electron chi connectivity index (χ2n) is 3.61. The van der Waals surface area contributed by atoms with Crippen LogP contribution in [0.25, 0.3) is 0 Å². The number of benzene rings is 1. The lowest BCUT2D eigenvalue weighted by Gasteiger charge is -2.14. The van der Waals surface area contributed by atoms with Crippen LogP contribution in [0.15, 0.2) is 23.7 Å². The van der Waals surface area contributed by atoms with Crippen LogP contribution in [0.4, 0.5) is 0 Å². The Morgan fingerprint density at radius 1 is 1.21 bits per heavy atom. The van der Waals surface area contributed by atoms with Crippen molar-refractivity contribution in [2.45, 2.75) is 0 Å². The monoisotopic (exact) mass is 285 g/mol. The Hall–Kier alpha value is -1.88. The van der Waals surface area contributed by atoms with Gasteiger partial charge in [-0.2, -0.15) is 0 Å². The third-order valence-corrected chi connectivity index (χ3v) is 2.50. The summed E-state index contributed by atoms with van der Waals surface area (Å²) < 4.78 is 15.5. The minimum atomic E-state index is -0.305. The van der Waals surface area contributed by atoms with Gasteiger partial charge in [-0.25, -0.2) is 0 Å². The van der Waals surface area contributed by atoms with Crippen molar-refractivity contribution in [3.05, 3.63) is 29.3 Å². The SMILES string of the molecule is C=C(Cl)CNC(=O)c1cc(OC)c(OC)c(OC)c1. The number of methoxy groups -OCH3 is 3. The Labute approximate surface area is 117 Å². The molecule has 0 spiro atoms. The van der Waals surface area contributed by atoms with Gasteiger partial charge in [0.05, 0.1) is 27.9 Å². The number of rotatable bonds is 6. The number of carbonyl (C=O) groups is 1. The largest absolute Gasteiger partial charge is 0.493 e. The van der Waals surface area contributed by atoms with Gasteiger partial charge in [0.1, 0.15) is 0 Å². The molecule has 1 aromatic rings. The molecule has 0 aliphatic rings. The third-order valence-electron chi connectivity index (χ3n) is 2.37. The Balaban J connectivity index is 3.08. The molecule has 0 aliphatic heterocycles. The first-order valence-corrected chi connectivity index (χ1v) is 5.82. The summed E-state index contributed by atoms with van der Waals surface area (Å²) in [5, 5.41) is 2.96. The zero-order chi connectivity index (χ0) is 14.4. The fraction of sp³-hybridized carbons (Fsp3) is 0.308. The van der Waals surface area contributed by atoms with Gasteiger partial charge in [0.2, 0.25) is 5.75 Å². The average Bonchev–Trinajstić information content (AvgIpc) is 2.42. The second-order valence-corrected chi connectivity index (χ2v) is 4.15. The number of amides is 1. The molecule has 5 nitrogen and oxygen atoms in total. The van der Waals surface area contributed by atoms with E-state index in [1.807, 2.05) is 0 Å². The highest BCUT2D eigenvalue weighted by Crippen LogP contribution is 2.38. The van der Waals surface area contributed by atoms with Gasteiger partial charge in [-0.15, -0.1) is 0 Å². The summed E-state index contributed by atoms with van der Waals surface area (Å²) in [6, 6.07) is 3.13. The van der Waals surface area contributed by atoms with E-state index in [0.717, 1.165) is 0 Å². The van der Waals surface area contributed by atoms with Crippen LogP contribution in [0.3, 0.4) is 0 Å². The molecule has 0 bridgehead atoms. The van der Waals surface area contributed by atoms with Gasteiger partial charge in [-0.3, -0.25) is 4.79 Å². The van der Waals surface area contributed by atoms with Crippen molar-refractivity contribution in [2.75, 3.05) is 27.9 Å². The quantitative estimate of drug-likeness (QED) is 0.870. The number of ether oxygens (including phenoxy) is 3. The fourth-order valence-electron chi connectivity index (χ4n) is 1.49. The first-order chi connectivity index (χ1) is 9.03. The van der Waals surface area contributed by atoms with Crippen molar-refractivity contribution in [3.8, 4) is 17.2 Å². The maximum absolute atomic E-state index is 11.9. The smallest absolute Gasteiger partial charge is 0.251 e. The molecule has 0 saturated carbocycles. The highest BCUT2D eigenvalue weighted by molar-refractivity contribution is 6.29. The summed E-state index contributed by atoms with van der Waals surface area (Å²) in [6.45, 7) is 3.69. The number of carbonyl (C=O) groups excluding carboxylic acids is 1. The van der Waals surface area contributed by atoms with Gasteiger partial charge in [0.25, 0.3) is 5.91 Å². The van der Waals surface area contributed by atoms with Crippen LogP contribution in [0.1, 0.15) is 10.4 Å². The molecular weight excluding hydrogens is 270 g/mol. The lowest BCUT2D eigenvalue weighted by Crippen LogP contribution is -2.24. The van der Waals surface area contributed by atoms with E-state index in [2.05, 4.69) is 11.9 Å². The van der Waals surface area contributed by atoms with Crippen LogP contribution in [0, 0.1) is 0 Å². The molecule has 6 heteroatoms. The number of hydrogen-bond acceptors (Lipinski definition) is 4. The Morgan fingerprint density at radius 2 is 1.74 bits per heavy atom. The maximum atomic E-state index is 11.9. The normalized spacial score (nSPS) is 9.68. The van der Waals surface area contributed by atoms with E-state index in [1.165, 1.54) is 21.3 Å². The van der Waals surface area contributed by atoms with Gasteiger partial charge in [0.15, 0.2) is 11.5 Å². The molecule has 0 unspecified atom stereocenters. The fourth-order valence-corrected chi connectivity index (χ4v) is 1.56. The molecule has 1 N–H and O–H groups in total. The van der Waals surface area contributed by atoms with E-state index in [0.29, 0.717) is 27.8 Å². The van der Waals surface area contributed by atoms with E-state index in [-0.39, 0.29) is 12.5 Å². The third kappa shape index (κ3) is 3.79. The minimum absolute atomic E-state index is 0.192. The van der Waals surface area contributed by atoms with E-state index in [9.17, 15) is 4.79 Å². The summed E-state index contributed by atoms with van der Waals surface area (Å²) in [6.07, 6.45) is 0. The van der Waals surface area contributed by atoms with Crippen LogP contribution >= 0.6 is 11.6 Å². The van der Waals surface area contributed by atoms with E-state index >= 15 is 0 Å².